The summed E-state index contributed by atoms with van der Waals surface area (Å²) in [5.41, 5.74) is 0. The molecule has 1 N–H and O–H groups in total. The summed E-state index contributed by atoms with van der Waals surface area (Å²) < 4.78 is 15.8. The molecule has 1 saturated heterocycles. The van der Waals surface area contributed by atoms with Crippen LogP contribution in [0.15, 0.2) is 29.3 Å². The van der Waals surface area contributed by atoms with Gasteiger partial charge in [-0.1, -0.05) is 13.0 Å². The molecule has 1 aromatic carbocycles. The van der Waals surface area contributed by atoms with Gasteiger partial charge in [-0.3, -0.25) is 9.79 Å². The van der Waals surface area contributed by atoms with Crippen LogP contribution in [-0.4, -0.2) is 64.3 Å². The van der Waals surface area contributed by atoms with E-state index in [0.717, 1.165) is 37.0 Å². The Bertz CT molecular complexity index is 627. The molecule has 2 rings (SSSR count). The van der Waals surface area contributed by atoms with Gasteiger partial charge in [-0.25, -0.2) is 0 Å². The normalized spacial score (nSPS) is 19.3. The monoisotopic (exact) mass is 491 g/mol. The SMILES string of the molecule is CN=C(NCCCOc1cccc(OC)c1)N1CC(C)C(C(=O)OC)C1.I. The first-order chi connectivity index (χ1) is 12.6. The van der Waals surface area contributed by atoms with Crippen LogP contribution >= 0.6 is 24.0 Å². The topological polar surface area (TPSA) is 72.4 Å². The fourth-order valence-electron chi connectivity index (χ4n) is 3.08. The van der Waals surface area contributed by atoms with E-state index >= 15 is 0 Å². The number of aliphatic imine (C=N–C) groups is 1. The summed E-state index contributed by atoms with van der Waals surface area (Å²) in [5.74, 6) is 2.38. The highest BCUT2D eigenvalue weighted by atomic mass is 127. The standard InChI is InChI=1S/C19H29N3O4.HI/c1-14-12-22(13-17(14)18(23)25-4)19(20-2)21-9-6-10-26-16-8-5-7-15(11-16)24-3;/h5,7-8,11,14,17H,6,9-10,12-13H2,1-4H3,(H,20,21);1H. The van der Waals surface area contributed by atoms with Crippen LogP contribution in [-0.2, 0) is 9.53 Å². The van der Waals surface area contributed by atoms with E-state index in [1.165, 1.54) is 7.11 Å². The Labute approximate surface area is 178 Å². The van der Waals surface area contributed by atoms with Gasteiger partial charge in [0.1, 0.15) is 11.5 Å². The quantitative estimate of drug-likeness (QED) is 0.208. The van der Waals surface area contributed by atoms with Crippen LogP contribution in [0.1, 0.15) is 13.3 Å². The Morgan fingerprint density at radius 2 is 2.04 bits per heavy atom. The Morgan fingerprint density at radius 3 is 2.70 bits per heavy atom. The number of hydrogen-bond acceptors (Lipinski definition) is 5. The minimum absolute atomic E-state index is 0. The zero-order chi connectivity index (χ0) is 18.9. The third-order valence-corrected chi connectivity index (χ3v) is 4.54. The van der Waals surface area contributed by atoms with Crippen molar-refractivity contribution in [2.45, 2.75) is 13.3 Å². The molecule has 0 aliphatic carbocycles. The highest BCUT2D eigenvalue weighted by molar-refractivity contribution is 14.0. The van der Waals surface area contributed by atoms with E-state index in [1.807, 2.05) is 24.3 Å². The Balaban J connectivity index is 0.00000364. The van der Waals surface area contributed by atoms with Crippen LogP contribution in [0.4, 0.5) is 0 Å². The van der Waals surface area contributed by atoms with Gasteiger partial charge >= 0.3 is 5.97 Å². The zero-order valence-electron chi connectivity index (χ0n) is 16.4. The van der Waals surface area contributed by atoms with Crippen LogP contribution in [0.3, 0.4) is 0 Å². The van der Waals surface area contributed by atoms with Crippen molar-refractivity contribution >= 4 is 35.9 Å². The van der Waals surface area contributed by atoms with E-state index in [1.54, 1.807) is 14.2 Å². The Morgan fingerprint density at radius 1 is 1.30 bits per heavy atom. The predicted octanol–water partition coefficient (Wildman–Crippen LogP) is 2.40. The van der Waals surface area contributed by atoms with Gasteiger partial charge in [0, 0.05) is 32.7 Å². The van der Waals surface area contributed by atoms with Crippen LogP contribution in [0.25, 0.3) is 0 Å². The van der Waals surface area contributed by atoms with Crippen molar-refractivity contribution in [3.8, 4) is 11.5 Å². The summed E-state index contributed by atoms with van der Waals surface area (Å²) in [7, 11) is 4.83. The minimum Gasteiger partial charge on any atom is -0.497 e. The molecule has 1 aromatic rings. The molecule has 0 saturated carbocycles. The average molecular weight is 491 g/mol. The summed E-state index contributed by atoms with van der Waals surface area (Å²) in [4.78, 5) is 18.3. The maximum atomic E-state index is 11.8. The lowest BCUT2D eigenvalue weighted by Gasteiger charge is -2.21. The van der Waals surface area contributed by atoms with Crippen molar-refractivity contribution in [3.63, 3.8) is 0 Å². The minimum atomic E-state index is -0.151. The van der Waals surface area contributed by atoms with Crippen LogP contribution in [0.2, 0.25) is 0 Å². The number of rotatable bonds is 7. The summed E-state index contributed by atoms with van der Waals surface area (Å²) >= 11 is 0. The van der Waals surface area contributed by atoms with E-state index in [2.05, 4.69) is 22.1 Å². The van der Waals surface area contributed by atoms with Crippen LogP contribution in [0.5, 0.6) is 11.5 Å². The molecule has 0 bridgehead atoms. The van der Waals surface area contributed by atoms with Gasteiger partial charge in [0.2, 0.25) is 0 Å². The fourth-order valence-corrected chi connectivity index (χ4v) is 3.08. The lowest BCUT2D eigenvalue weighted by molar-refractivity contribution is -0.145. The van der Waals surface area contributed by atoms with Crippen LogP contribution in [0, 0.1) is 11.8 Å². The molecule has 1 aliphatic heterocycles. The molecule has 0 spiro atoms. The van der Waals surface area contributed by atoms with Crippen molar-refractivity contribution in [1.29, 1.82) is 0 Å². The molecule has 1 heterocycles. The van der Waals surface area contributed by atoms with Gasteiger partial charge < -0.3 is 24.4 Å². The zero-order valence-corrected chi connectivity index (χ0v) is 18.8. The highest BCUT2D eigenvalue weighted by Gasteiger charge is 2.36. The molecular formula is C19H30IN3O4. The number of methoxy groups -OCH3 is 2. The number of nitrogens with zero attached hydrogens (tertiary/aromatic N) is 2. The summed E-state index contributed by atoms with van der Waals surface area (Å²) in [6.07, 6.45) is 0.833. The molecule has 0 radical (unpaired) electrons. The first-order valence-corrected chi connectivity index (χ1v) is 8.89. The number of esters is 1. The summed E-state index contributed by atoms with van der Waals surface area (Å²) in [6, 6.07) is 7.57. The third kappa shape index (κ3) is 6.75. The summed E-state index contributed by atoms with van der Waals surface area (Å²) in [6.45, 7) is 4.83. The smallest absolute Gasteiger partial charge is 0.310 e. The molecule has 0 aromatic heterocycles. The molecule has 27 heavy (non-hydrogen) atoms. The Hall–Kier alpha value is -1.71. The number of guanidine groups is 1. The van der Waals surface area contributed by atoms with E-state index < -0.39 is 0 Å². The first kappa shape index (κ1) is 23.3. The Kier molecular flexibility index (Phi) is 10.3. The second kappa shape index (κ2) is 11.9. The molecule has 7 nitrogen and oxygen atoms in total. The van der Waals surface area contributed by atoms with Gasteiger partial charge in [-0.15, -0.1) is 24.0 Å². The number of carbonyl (C=O) groups is 1. The van der Waals surface area contributed by atoms with Gasteiger partial charge in [0.05, 0.1) is 26.7 Å². The number of hydrogen-bond donors (Lipinski definition) is 1. The number of nitrogens with one attached hydrogen (secondary N) is 1. The average Bonchev–Trinajstić information content (AvgIpc) is 3.05. The first-order valence-electron chi connectivity index (χ1n) is 8.89. The molecule has 2 unspecified atom stereocenters. The lowest BCUT2D eigenvalue weighted by Crippen LogP contribution is -2.41. The van der Waals surface area contributed by atoms with Crippen LogP contribution < -0.4 is 14.8 Å². The van der Waals surface area contributed by atoms with E-state index in [9.17, 15) is 4.79 Å². The lowest BCUT2D eigenvalue weighted by atomic mass is 9.99. The molecule has 1 fully saturated rings. The van der Waals surface area contributed by atoms with Crippen molar-refractivity contribution < 1.29 is 19.0 Å². The fraction of sp³-hybridized carbons (Fsp3) is 0.579. The van der Waals surface area contributed by atoms with Crippen molar-refractivity contribution in [2.24, 2.45) is 16.8 Å². The molecule has 2 atom stereocenters. The molecule has 8 heteroatoms. The molecule has 0 amide bonds. The predicted molar refractivity (Wildman–Crippen MR) is 116 cm³/mol. The largest absolute Gasteiger partial charge is 0.497 e. The maximum absolute atomic E-state index is 11.8. The van der Waals surface area contributed by atoms with E-state index in [0.29, 0.717) is 13.2 Å². The van der Waals surface area contributed by atoms with E-state index in [-0.39, 0.29) is 41.8 Å². The second-order valence-electron chi connectivity index (χ2n) is 6.37. The van der Waals surface area contributed by atoms with Gasteiger partial charge in [0.15, 0.2) is 5.96 Å². The number of benzene rings is 1. The van der Waals surface area contributed by atoms with Gasteiger partial charge in [-0.05, 0) is 24.5 Å². The summed E-state index contributed by atoms with van der Waals surface area (Å²) in [5, 5.41) is 3.34. The third-order valence-electron chi connectivity index (χ3n) is 4.54. The van der Waals surface area contributed by atoms with Crippen molar-refractivity contribution in [3.05, 3.63) is 24.3 Å². The number of likely N-dealkylation sites (tertiary alicyclic amines) is 1. The highest BCUT2D eigenvalue weighted by Crippen LogP contribution is 2.24. The molecular weight excluding hydrogens is 461 g/mol. The van der Waals surface area contributed by atoms with Gasteiger partial charge in [0.25, 0.3) is 0 Å². The molecule has 152 valence electrons. The second-order valence-corrected chi connectivity index (χ2v) is 6.37. The van der Waals surface area contributed by atoms with Crippen molar-refractivity contribution in [1.82, 2.24) is 10.2 Å². The number of halogens is 1. The van der Waals surface area contributed by atoms with E-state index in [4.69, 9.17) is 14.2 Å². The molecule has 1 aliphatic rings. The van der Waals surface area contributed by atoms with Gasteiger partial charge in [-0.2, -0.15) is 0 Å². The maximum Gasteiger partial charge on any atom is 0.310 e. The number of carbonyl (C=O) groups excluding carboxylic acids is 1. The number of ether oxygens (including phenoxy) is 3. The van der Waals surface area contributed by atoms with Crippen molar-refractivity contribution in [2.75, 3.05) is 47.5 Å².